The summed E-state index contributed by atoms with van der Waals surface area (Å²) in [4.78, 5) is 24.7. The standard InChI is InChI=1S/C19H16N2O3/c1-21-18(22)16-8-3-2-7-15(16)17(20-21)19(23)24-14-10-9-12-5-4-6-13(12)11-14/h2-3,7-11H,4-6H2,1H3. The van der Waals surface area contributed by atoms with Crippen LogP contribution in [0.25, 0.3) is 10.8 Å². The fraction of sp³-hybridized carbons (Fsp3) is 0.211. The van der Waals surface area contributed by atoms with Gasteiger partial charge in [0.1, 0.15) is 5.75 Å². The molecule has 0 amide bonds. The van der Waals surface area contributed by atoms with Crippen molar-refractivity contribution in [3.05, 3.63) is 69.6 Å². The second-order valence-electron chi connectivity index (χ2n) is 6.00. The summed E-state index contributed by atoms with van der Waals surface area (Å²) in [5.74, 6) is -0.0415. The molecule has 1 aromatic heterocycles. The number of carbonyl (C=O) groups excluding carboxylic acids is 1. The molecule has 120 valence electrons. The highest BCUT2D eigenvalue weighted by atomic mass is 16.5. The predicted octanol–water partition coefficient (Wildman–Crippen LogP) is 2.64. The van der Waals surface area contributed by atoms with Crippen LogP contribution >= 0.6 is 0 Å². The van der Waals surface area contributed by atoms with Gasteiger partial charge in [0.15, 0.2) is 5.69 Å². The fourth-order valence-electron chi connectivity index (χ4n) is 3.22. The summed E-state index contributed by atoms with van der Waals surface area (Å²) < 4.78 is 6.68. The third-order valence-electron chi connectivity index (χ3n) is 4.43. The number of carbonyl (C=O) groups is 1. The average molecular weight is 320 g/mol. The van der Waals surface area contributed by atoms with Gasteiger partial charge in [0.2, 0.25) is 0 Å². The van der Waals surface area contributed by atoms with Crippen molar-refractivity contribution in [2.24, 2.45) is 7.05 Å². The van der Waals surface area contributed by atoms with E-state index in [1.807, 2.05) is 18.2 Å². The first-order chi connectivity index (χ1) is 11.6. The van der Waals surface area contributed by atoms with E-state index in [1.54, 1.807) is 24.3 Å². The summed E-state index contributed by atoms with van der Waals surface area (Å²) in [7, 11) is 1.53. The van der Waals surface area contributed by atoms with Crippen LogP contribution in [0, 0.1) is 0 Å². The van der Waals surface area contributed by atoms with Crippen LogP contribution in [-0.2, 0) is 19.9 Å². The topological polar surface area (TPSA) is 61.2 Å². The van der Waals surface area contributed by atoms with Crippen molar-refractivity contribution in [3.8, 4) is 5.75 Å². The minimum absolute atomic E-state index is 0.146. The molecule has 5 heteroatoms. The van der Waals surface area contributed by atoms with Crippen LogP contribution in [0.3, 0.4) is 0 Å². The molecule has 0 saturated carbocycles. The van der Waals surface area contributed by atoms with E-state index in [-0.39, 0.29) is 11.3 Å². The zero-order valence-corrected chi connectivity index (χ0v) is 13.3. The van der Waals surface area contributed by atoms with Crippen molar-refractivity contribution in [1.29, 1.82) is 0 Å². The quantitative estimate of drug-likeness (QED) is 0.538. The van der Waals surface area contributed by atoms with Crippen LogP contribution in [-0.4, -0.2) is 15.7 Å². The van der Waals surface area contributed by atoms with Crippen LogP contribution in [0.15, 0.2) is 47.3 Å². The Bertz CT molecular complexity index is 1020. The van der Waals surface area contributed by atoms with Crippen LogP contribution < -0.4 is 10.3 Å². The third kappa shape index (κ3) is 2.38. The molecule has 24 heavy (non-hydrogen) atoms. The smallest absolute Gasteiger partial charge is 0.364 e. The third-order valence-corrected chi connectivity index (χ3v) is 4.43. The van der Waals surface area contributed by atoms with Crippen LogP contribution in [0.5, 0.6) is 5.75 Å². The second-order valence-corrected chi connectivity index (χ2v) is 6.00. The largest absolute Gasteiger partial charge is 0.422 e. The molecule has 0 aliphatic heterocycles. The first kappa shape index (κ1) is 14.6. The molecule has 0 atom stereocenters. The number of ether oxygens (including phenoxy) is 1. The van der Waals surface area contributed by atoms with Crippen LogP contribution in [0.1, 0.15) is 28.0 Å². The van der Waals surface area contributed by atoms with E-state index in [2.05, 4.69) is 5.10 Å². The first-order valence-electron chi connectivity index (χ1n) is 7.93. The van der Waals surface area contributed by atoms with E-state index >= 15 is 0 Å². The maximum Gasteiger partial charge on any atom is 0.364 e. The van der Waals surface area contributed by atoms with E-state index in [0.717, 1.165) is 19.3 Å². The highest BCUT2D eigenvalue weighted by Crippen LogP contribution is 2.26. The fourth-order valence-corrected chi connectivity index (χ4v) is 3.22. The summed E-state index contributed by atoms with van der Waals surface area (Å²) >= 11 is 0. The van der Waals surface area contributed by atoms with E-state index < -0.39 is 5.97 Å². The van der Waals surface area contributed by atoms with Crippen molar-refractivity contribution in [1.82, 2.24) is 9.78 Å². The van der Waals surface area contributed by atoms with Crippen molar-refractivity contribution in [2.45, 2.75) is 19.3 Å². The first-order valence-corrected chi connectivity index (χ1v) is 7.93. The van der Waals surface area contributed by atoms with Crippen LogP contribution in [0.4, 0.5) is 0 Å². The molecular formula is C19H16N2O3. The lowest BCUT2D eigenvalue weighted by Crippen LogP contribution is -2.24. The molecule has 1 heterocycles. The van der Waals surface area contributed by atoms with Gasteiger partial charge in [0.05, 0.1) is 5.39 Å². The summed E-state index contributed by atoms with van der Waals surface area (Å²) in [5.41, 5.74) is 2.46. The molecule has 0 radical (unpaired) electrons. The number of aromatic nitrogens is 2. The Kier molecular flexibility index (Phi) is 3.41. The minimum Gasteiger partial charge on any atom is -0.422 e. The molecule has 0 fully saturated rings. The normalized spacial score (nSPS) is 13.0. The minimum atomic E-state index is -0.556. The van der Waals surface area contributed by atoms with Crippen molar-refractivity contribution >= 4 is 16.7 Å². The molecule has 2 aromatic carbocycles. The average Bonchev–Trinajstić information content (AvgIpc) is 3.06. The molecule has 1 aliphatic carbocycles. The number of nitrogens with zero attached hydrogens (tertiary/aromatic N) is 2. The molecule has 1 aliphatic rings. The summed E-state index contributed by atoms with van der Waals surface area (Å²) in [5, 5.41) is 5.06. The van der Waals surface area contributed by atoms with Gasteiger partial charge < -0.3 is 4.74 Å². The Morgan fingerprint density at radius 2 is 1.83 bits per heavy atom. The van der Waals surface area contributed by atoms with Crippen molar-refractivity contribution < 1.29 is 9.53 Å². The molecule has 0 unspecified atom stereocenters. The molecule has 0 N–H and O–H groups in total. The zero-order chi connectivity index (χ0) is 16.7. The summed E-state index contributed by atoms with van der Waals surface area (Å²) in [6.45, 7) is 0. The Morgan fingerprint density at radius 1 is 1.08 bits per heavy atom. The zero-order valence-electron chi connectivity index (χ0n) is 13.3. The monoisotopic (exact) mass is 320 g/mol. The number of fused-ring (bicyclic) bond motifs is 2. The van der Waals surface area contributed by atoms with Gasteiger partial charge in [-0.15, -0.1) is 0 Å². The molecule has 5 nitrogen and oxygen atoms in total. The summed E-state index contributed by atoms with van der Waals surface area (Å²) in [6.07, 6.45) is 3.23. The van der Waals surface area contributed by atoms with Crippen LogP contribution in [0.2, 0.25) is 0 Å². The Balaban J connectivity index is 1.74. The van der Waals surface area contributed by atoms with Gasteiger partial charge in [-0.05, 0) is 48.6 Å². The van der Waals surface area contributed by atoms with Gasteiger partial charge in [-0.3, -0.25) is 4.79 Å². The van der Waals surface area contributed by atoms with Gasteiger partial charge in [0.25, 0.3) is 5.56 Å². The highest BCUT2D eigenvalue weighted by molar-refractivity contribution is 6.02. The number of aryl methyl sites for hydroxylation is 3. The van der Waals surface area contributed by atoms with E-state index in [9.17, 15) is 9.59 Å². The second kappa shape index (κ2) is 5.60. The van der Waals surface area contributed by atoms with E-state index in [1.165, 1.54) is 22.9 Å². The van der Waals surface area contributed by atoms with E-state index in [0.29, 0.717) is 16.5 Å². The Hall–Kier alpha value is -2.95. The van der Waals surface area contributed by atoms with E-state index in [4.69, 9.17) is 4.74 Å². The van der Waals surface area contributed by atoms with Gasteiger partial charge in [-0.1, -0.05) is 24.3 Å². The predicted molar refractivity (Wildman–Crippen MR) is 90.4 cm³/mol. The SMILES string of the molecule is Cn1nc(C(=O)Oc2ccc3c(c2)CCC3)c2ccccc2c1=O. The summed E-state index contributed by atoms with van der Waals surface area (Å²) in [6, 6.07) is 12.7. The van der Waals surface area contributed by atoms with Crippen molar-refractivity contribution in [2.75, 3.05) is 0 Å². The lowest BCUT2D eigenvalue weighted by Gasteiger charge is -2.09. The lowest BCUT2D eigenvalue weighted by molar-refractivity contribution is 0.0728. The maximum atomic E-state index is 12.6. The highest BCUT2D eigenvalue weighted by Gasteiger charge is 2.19. The number of hydrogen-bond acceptors (Lipinski definition) is 4. The molecule has 3 aromatic rings. The number of hydrogen-bond donors (Lipinski definition) is 0. The molecule has 0 spiro atoms. The van der Waals surface area contributed by atoms with Gasteiger partial charge in [-0.25, -0.2) is 9.48 Å². The van der Waals surface area contributed by atoms with Crippen molar-refractivity contribution in [3.63, 3.8) is 0 Å². The Morgan fingerprint density at radius 3 is 2.67 bits per heavy atom. The molecular weight excluding hydrogens is 304 g/mol. The molecule has 4 rings (SSSR count). The number of benzene rings is 2. The maximum absolute atomic E-state index is 12.6. The molecule has 0 saturated heterocycles. The number of esters is 1. The Labute approximate surface area is 138 Å². The lowest BCUT2D eigenvalue weighted by atomic mass is 10.1. The molecule has 0 bridgehead atoms. The van der Waals surface area contributed by atoms with Gasteiger partial charge >= 0.3 is 5.97 Å². The van der Waals surface area contributed by atoms with Gasteiger partial charge in [-0.2, -0.15) is 5.10 Å². The number of rotatable bonds is 2. The van der Waals surface area contributed by atoms with Gasteiger partial charge in [0, 0.05) is 12.4 Å².